The number of aromatic nitrogens is 3. The zero-order valence-corrected chi connectivity index (χ0v) is 21.0. The average Bonchev–Trinajstić information content (AvgIpc) is 3.19. The first-order valence-electron chi connectivity index (χ1n) is 11.9. The number of benzene rings is 2. The number of fused-ring (bicyclic) bond motifs is 1. The van der Waals surface area contributed by atoms with Crippen molar-refractivity contribution in [1.82, 2.24) is 20.1 Å². The highest BCUT2D eigenvalue weighted by Gasteiger charge is 2.20. The van der Waals surface area contributed by atoms with Crippen LogP contribution in [0.5, 0.6) is 11.6 Å². The molecule has 182 valence electrons. The Bertz CT molecular complexity index is 1360. The fourth-order valence-corrected chi connectivity index (χ4v) is 4.39. The highest BCUT2D eigenvalue weighted by Crippen LogP contribution is 2.32. The summed E-state index contributed by atoms with van der Waals surface area (Å²) in [5.41, 5.74) is 6.71. The number of carbonyl (C=O) groups is 1. The van der Waals surface area contributed by atoms with Gasteiger partial charge in [0.15, 0.2) is 5.65 Å². The van der Waals surface area contributed by atoms with Gasteiger partial charge >= 0.3 is 0 Å². The Morgan fingerprint density at radius 1 is 1.09 bits per heavy atom. The third-order valence-corrected chi connectivity index (χ3v) is 6.13. The van der Waals surface area contributed by atoms with Crippen molar-refractivity contribution in [2.75, 3.05) is 13.7 Å². The number of nitrogens with one attached hydrogen (secondary N) is 1. The van der Waals surface area contributed by atoms with E-state index in [2.05, 4.69) is 31.3 Å². The van der Waals surface area contributed by atoms with Crippen LogP contribution in [0.2, 0.25) is 0 Å². The monoisotopic (exact) mass is 472 g/mol. The van der Waals surface area contributed by atoms with Gasteiger partial charge < -0.3 is 14.8 Å². The van der Waals surface area contributed by atoms with E-state index in [0.717, 1.165) is 50.4 Å². The quantitative estimate of drug-likeness (QED) is 0.371. The van der Waals surface area contributed by atoms with E-state index in [1.165, 1.54) is 0 Å². The van der Waals surface area contributed by atoms with Crippen molar-refractivity contribution in [3.63, 3.8) is 0 Å². The first kappa shape index (κ1) is 24.3. The zero-order valence-electron chi connectivity index (χ0n) is 21.0. The van der Waals surface area contributed by atoms with E-state index < -0.39 is 0 Å². The van der Waals surface area contributed by atoms with Crippen LogP contribution in [0.25, 0.3) is 16.7 Å². The Kier molecular flexibility index (Phi) is 7.34. The summed E-state index contributed by atoms with van der Waals surface area (Å²) in [5.74, 6) is 1.28. The van der Waals surface area contributed by atoms with E-state index in [9.17, 15) is 4.79 Å². The first-order valence-corrected chi connectivity index (χ1v) is 11.9. The van der Waals surface area contributed by atoms with Gasteiger partial charge in [-0.25, -0.2) is 4.68 Å². The number of hydrogen-bond acceptors (Lipinski definition) is 5. The third-order valence-electron chi connectivity index (χ3n) is 6.13. The molecule has 0 saturated carbocycles. The number of para-hydroxylation sites is 1. The molecular weight excluding hydrogens is 440 g/mol. The van der Waals surface area contributed by atoms with Crippen LogP contribution >= 0.6 is 0 Å². The van der Waals surface area contributed by atoms with Gasteiger partial charge in [-0.2, -0.15) is 10.1 Å². The summed E-state index contributed by atoms with van der Waals surface area (Å²) in [7, 11) is 1.63. The van der Waals surface area contributed by atoms with Crippen LogP contribution in [0.4, 0.5) is 0 Å². The van der Waals surface area contributed by atoms with E-state index >= 15 is 0 Å². The second-order valence-electron chi connectivity index (χ2n) is 8.58. The zero-order chi connectivity index (χ0) is 24.9. The third kappa shape index (κ3) is 5.14. The topological polar surface area (TPSA) is 78.3 Å². The molecule has 2 aromatic heterocycles. The highest BCUT2D eigenvalue weighted by atomic mass is 16.5. The lowest BCUT2D eigenvalue weighted by Crippen LogP contribution is -2.23. The highest BCUT2D eigenvalue weighted by molar-refractivity contribution is 5.86. The van der Waals surface area contributed by atoms with Crippen LogP contribution in [-0.2, 0) is 17.8 Å². The van der Waals surface area contributed by atoms with Gasteiger partial charge in [0, 0.05) is 29.5 Å². The number of hydrogen-bond donors (Lipinski definition) is 1. The molecule has 1 amide bonds. The lowest BCUT2D eigenvalue weighted by Gasteiger charge is -2.14. The summed E-state index contributed by atoms with van der Waals surface area (Å²) >= 11 is 0. The molecular formula is C28H32N4O3. The summed E-state index contributed by atoms with van der Waals surface area (Å²) in [4.78, 5) is 17.6. The van der Waals surface area contributed by atoms with Crippen molar-refractivity contribution in [3.05, 3.63) is 76.5 Å². The molecule has 0 atom stereocenters. The maximum atomic E-state index is 12.7. The molecule has 35 heavy (non-hydrogen) atoms. The smallest absolute Gasteiger partial charge is 0.220 e. The first-order chi connectivity index (χ1) is 16.9. The molecule has 4 aromatic rings. The number of carbonyl (C=O) groups excluding carboxylic acids is 1. The largest absolute Gasteiger partial charge is 0.496 e. The fourth-order valence-electron chi connectivity index (χ4n) is 4.39. The Labute approximate surface area is 206 Å². The van der Waals surface area contributed by atoms with Gasteiger partial charge in [0.2, 0.25) is 11.8 Å². The molecule has 4 rings (SSSR count). The minimum atomic E-state index is -0.0370. The molecule has 7 nitrogen and oxygen atoms in total. The van der Waals surface area contributed by atoms with Crippen LogP contribution in [0.15, 0.2) is 48.5 Å². The minimum Gasteiger partial charge on any atom is -0.496 e. The summed E-state index contributed by atoms with van der Waals surface area (Å²) in [5, 5.41) is 8.78. The van der Waals surface area contributed by atoms with Crippen LogP contribution in [-0.4, -0.2) is 34.4 Å². The van der Waals surface area contributed by atoms with Crippen LogP contribution in [0.3, 0.4) is 0 Å². The summed E-state index contributed by atoms with van der Waals surface area (Å²) < 4.78 is 13.2. The van der Waals surface area contributed by atoms with Crippen molar-refractivity contribution in [2.24, 2.45) is 0 Å². The molecule has 0 radical (unpaired) electrons. The van der Waals surface area contributed by atoms with Gasteiger partial charge in [-0.1, -0.05) is 30.3 Å². The van der Waals surface area contributed by atoms with Gasteiger partial charge in [-0.15, -0.1) is 0 Å². The number of rotatable bonds is 9. The van der Waals surface area contributed by atoms with Gasteiger partial charge in [0.25, 0.3) is 0 Å². The van der Waals surface area contributed by atoms with Gasteiger partial charge in [-0.3, -0.25) is 4.79 Å². The molecule has 0 fully saturated rings. The number of ether oxygens (including phenoxy) is 2. The van der Waals surface area contributed by atoms with Crippen LogP contribution < -0.4 is 14.8 Å². The van der Waals surface area contributed by atoms with Gasteiger partial charge in [-0.05, 0) is 63.4 Å². The van der Waals surface area contributed by atoms with Gasteiger partial charge in [0.1, 0.15) is 5.75 Å². The van der Waals surface area contributed by atoms with Gasteiger partial charge in [0.05, 0.1) is 25.1 Å². The van der Waals surface area contributed by atoms with Crippen molar-refractivity contribution in [3.8, 4) is 17.3 Å². The second-order valence-corrected chi connectivity index (χ2v) is 8.58. The molecule has 0 aliphatic heterocycles. The molecule has 0 aliphatic rings. The average molecular weight is 473 g/mol. The van der Waals surface area contributed by atoms with Crippen molar-refractivity contribution < 1.29 is 14.3 Å². The van der Waals surface area contributed by atoms with E-state index in [0.29, 0.717) is 31.9 Å². The van der Waals surface area contributed by atoms with Crippen molar-refractivity contribution >= 4 is 16.9 Å². The Balaban J connectivity index is 1.60. The van der Waals surface area contributed by atoms with E-state index in [-0.39, 0.29) is 5.91 Å². The standard InChI is InChI=1S/C28H32N4O3/c1-6-35-28-23(14-15-25(33)29-17-21-11-7-8-13-24(21)34-5)19(3)26-20(4)31-32(27(26)30-28)22-12-9-10-18(2)16-22/h7-13,16H,6,14-15,17H2,1-5H3,(H,29,33). The van der Waals surface area contributed by atoms with Crippen molar-refractivity contribution in [1.29, 1.82) is 0 Å². The van der Waals surface area contributed by atoms with E-state index in [1.54, 1.807) is 7.11 Å². The molecule has 0 saturated heterocycles. The lowest BCUT2D eigenvalue weighted by atomic mass is 10.0. The van der Waals surface area contributed by atoms with E-state index in [1.807, 2.05) is 54.9 Å². The Morgan fingerprint density at radius 2 is 1.89 bits per heavy atom. The number of amides is 1. The fraction of sp³-hybridized carbons (Fsp3) is 0.321. The van der Waals surface area contributed by atoms with Crippen LogP contribution in [0.1, 0.15) is 41.3 Å². The molecule has 0 bridgehead atoms. The summed E-state index contributed by atoms with van der Waals surface area (Å²) in [6.45, 7) is 8.96. The predicted molar refractivity (Wildman–Crippen MR) is 137 cm³/mol. The SMILES string of the molecule is CCOc1nc2c(c(C)nn2-c2cccc(C)c2)c(C)c1CCC(=O)NCc1ccccc1OC. The molecule has 0 aliphatic carbocycles. The van der Waals surface area contributed by atoms with E-state index in [4.69, 9.17) is 19.6 Å². The summed E-state index contributed by atoms with van der Waals surface area (Å²) in [6.07, 6.45) is 0.852. The number of methoxy groups -OCH3 is 1. The molecule has 2 aromatic carbocycles. The number of aryl methyl sites for hydroxylation is 3. The maximum Gasteiger partial charge on any atom is 0.220 e. The van der Waals surface area contributed by atoms with Crippen LogP contribution in [0, 0.1) is 20.8 Å². The molecule has 2 heterocycles. The molecule has 1 N–H and O–H groups in total. The number of nitrogens with zero attached hydrogens (tertiary/aromatic N) is 3. The van der Waals surface area contributed by atoms with Crippen molar-refractivity contribution in [2.45, 2.75) is 47.1 Å². The Hall–Kier alpha value is -3.87. The minimum absolute atomic E-state index is 0.0370. The normalized spacial score (nSPS) is 11.0. The maximum absolute atomic E-state index is 12.7. The summed E-state index contributed by atoms with van der Waals surface area (Å²) in [6, 6.07) is 15.9. The molecule has 0 spiro atoms. The lowest BCUT2D eigenvalue weighted by molar-refractivity contribution is -0.121. The second kappa shape index (κ2) is 10.6. The molecule has 0 unspecified atom stereocenters. The molecule has 7 heteroatoms. The predicted octanol–water partition coefficient (Wildman–Crippen LogP) is 5.00. The Morgan fingerprint density at radius 3 is 2.63 bits per heavy atom. The number of pyridine rings is 1.